The van der Waals surface area contributed by atoms with Gasteiger partial charge in [0.05, 0.1) is 5.92 Å². The Hall–Kier alpha value is -0.670. The lowest BCUT2D eigenvalue weighted by Gasteiger charge is -2.21. The third-order valence-corrected chi connectivity index (χ3v) is 3.64. The molecular formula is C10H13NOS. The number of carbonyl (C=O) groups is 1. The van der Waals surface area contributed by atoms with Crippen molar-refractivity contribution in [1.29, 1.82) is 0 Å². The van der Waals surface area contributed by atoms with Crippen LogP contribution < -0.4 is 5.32 Å². The van der Waals surface area contributed by atoms with E-state index in [1.54, 1.807) is 11.3 Å². The van der Waals surface area contributed by atoms with E-state index in [1.165, 1.54) is 10.4 Å². The van der Waals surface area contributed by atoms with E-state index in [2.05, 4.69) is 23.7 Å². The summed E-state index contributed by atoms with van der Waals surface area (Å²) in [5.41, 5.74) is 1.26. The van der Waals surface area contributed by atoms with E-state index in [0.717, 1.165) is 13.1 Å². The number of hydrogen-bond donors (Lipinski definition) is 1. The summed E-state index contributed by atoms with van der Waals surface area (Å²) in [6.07, 6.45) is 0.683. The van der Waals surface area contributed by atoms with Crippen molar-refractivity contribution in [3.05, 3.63) is 21.9 Å². The van der Waals surface area contributed by atoms with Crippen molar-refractivity contribution >= 4 is 17.1 Å². The van der Waals surface area contributed by atoms with Gasteiger partial charge in [0.15, 0.2) is 0 Å². The fourth-order valence-electron chi connectivity index (χ4n) is 1.73. The highest BCUT2D eigenvalue weighted by Crippen LogP contribution is 2.28. The predicted octanol–water partition coefficient (Wildman–Crippen LogP) is 1.70. The van der Waals surface area contributed by atoms with Crippen LogP contribution in [0.15, 0.2) is 11.4 Å². The average molecular weight is 195 g/mol. The summed E-state index contributed by atoms with van der Waals surface area (Å²) < 4.78 is 0. The molecule has 0 amide bonds. The first-order valence-corrected chi connectivity index (χ1v) is 5.44. The van der Waals surface area contributed by atoms with Gasteiger partial charge >= 0.3 is 0 Å². The second-order valence-corrected chi connectivity index (χ2v) is 4.39. The number of piperidine rings is 1. The maximum absolute atomic E-state index is 11.6. The van der Waals surface area contributed by atoms with E-state index < -0.39 is 0 Å². The molecule has 0 spiro atoms. The third kappa shape index (κ3) is 1.67. The fraction of sp³-hybridized carbons (Fsp3) is 0.500. The van der Waals surface area contributed by atoms with Crippen LogP contribution in [0.4, 0.5) is 0 Å². The maximum atomic E-state index is 11.6. The van der Waals surface area contributed by atoms with Crippen LogP contribution in [-0.2, 0) is 4.79 Å². The lowest BCUT2D eigenvalue weighted by Crippen LogP contribution is -2.35. The number of carbonyl (C=O) groups excluding carboxylic acids is 1. The minimum Gasteiger partial charge on any atom is -0.315 e. The zero-order chi connectivity index (χ0) is 9.26. The summed E-state index contributed by atoms with van der Waals surface area (Å²) in [6.45, 7) is 3.74. The highest BCUT2D eigenvalue weighted by atomic mass is 32.1. The molecule has 1 unspecified atom stereocenters. The number of ketones is 1. The van der Waals surface area contributed by atoms with Gasteiger partial charge in [0.2, 0.25) is 0 Å². The molecule has 1 aliphatic rings. The molecule has 3 heteroatoms. The summed E-state index contributed by atoms with van der Waals surface area (Å²) in [4.78, 5) is 12.9. The molecule has 1 N–H and O–H groups in total. The molecule has 70 valence electrons. The quantitative estimate of drug-likeness (QED) is 0.739. The summed E-state index contributed by atoms with van der Waals surface area (Å²) in [6, 6.07) is 2.09. The molecule has 1 aliphatic heterocycles. The molecule has 0 radical (unpaired) electrons. The summed E-state index contributed by atoms with van der Waals surface area (Å²) in [7, 11) is 0. The monoisotopic (exact) mass is 195 g/mol. The van der Waals surface area contributed by atoms with Crippen molar-refractivity contribution in [2.24, 2.45) is 0 Å². The molecule has 1 aromatic heterocycles. The Labute approximate surface area is 82.0 Å². The van der Waals surface area contributed by atoms with E-state index in [4.69, 9.17) is 0 Å². The van der Waals surface area contributed by atoms with E-state index in [0.29, 0.717) is 12.2 Å². The Morgan fingerprint density at radius 2 is 2.46 bits per heavy atom. The van der Waals surface area contributed by atoms with Crippen LogP contribution in [-0.4, -0.2) is 18.9 Å². The van der Waals surface area contributed by atoms with Crippen molar-refractivity contribution in [2.75, 3.05) is 13.1 Å². The number of aryl methyl sites for hydroxylation is 1. The number of hydrogen-bond acceptors (Lipinski definition) is 3. The summed E-state index contributed by atoms with van der Waals surface area (Å²) >= 11 is 1.70. The number of Topliss-reactive ketones (excluding diaryl/α,β-unsaturated/α-hetero) is 1. The molecule has 1 aromatic rings. The molecule has 0 saturated carbocycles. The largest absolute Gasteiger partial charge is 0.315 e. The molecule has 2 nitrogen and oxygen atoms in total. The first-order valence-electron chi connectivity index (χ1n) is 4.56. The molecule has 13 heavy (non-hydrogen) atoms. The summed E-state index contributed by atoms with van der Waals surface area (Å²) in [5.74, 6) is 0.512. The Morgan fingerprint density at radius 1 is 1.62 bits per heavy atom. The van der Waals surface area contributed by atoms with E-state index in [1.807, 2.05) is 0 Å². The van der Waals surface area contributed by atoms with Gasteiger partial charge in [0.25, 0.3) is 0 Å². The van der Waals surface area contributed by atoms with Gasteiger partial charge in [-0.25, -0.2) is 0 Å². The maximum Gasteiger partial charge on any atom is 0.143 e. The van der Waals surface area contributed by atoms with Crippen LogP contribution in [0.2, 0.25) is 0 Å². The molecule has 1 fully saturated rings. The van der Waals surface area contributed by atoms with Crippen LogP contribution in [0.1, 0.15) is 22.8 Å². The normalized spacial score (nSPS) is 23.5. The first-order chi connectivity index (χ1) is 6.29. The number of nitrogens with one attached hydrogen (secondary N) is 1. The van der Waals surface area contributed by atoms with Gasteiger partial charge < -0.3 is 5.32 Å². The van der Waals surface area contributed by atoms with Crippen molar-refractivity contribution in [1.82, 2.24) is 5.32 Å². The second-order valence-electron chi connectivity index (χ2n) is 3.44. The molecule has 1 atom stereocenters. The molecule has 2 heterocycles. The van der Waals surface area contributed by atoms with Crippen LogP contribution in [0.3, 0.4) is 0 Å². The predicted molar refractivity (Wildman–Crippen MR) is 54.3 cm³/mol. The molecule has 0 aliphatic carbocycles. The number of thiophene rings is 1. The molecule has 0 aromatic carbocycles. The average Bonchev–Trinajstić information content (AvgIpc) is 2.52. The highest BCUT2D eigenvalue weighted by molar-refractivity contribution is 7.10. The smallest absolute Gasteiger partial charge is 0.143 e. The van der Waals surface area contributed by atoms with E-state index >= 15 is 0 Å². The van der Waals surface area contributed by atoms with Crippen LogP contribution in [0, 0.1) is 6.92 Å². The zero-order valence-electron chi connectivity index (χ0n) is 7.67. The van der Waals surface area contributed by atoms with Gasteiger partial charge in [-0.1, -0.05) is 0 Å². The highest BCUT2D eigenvalue weighted by Gasteiger charge is 2.25. The SMILES string of the molecule is Cc1ccsc1C1CNCCC1=O. The van der Waals surface area contributed by atoms with Crippen molar-refractivity contribution in [2.45, 2.75) is 19.3 Å². The third-order valence-electron chi connectivity index (χ3n) is 2.50. The van der Waals surface area contributed by atoms with Crippen molar-refractivity contribution < 1.29 is 4.79 Å². The van der Waals surface area contributed by atoms with E-state index in [-0.39, 0.29) is 5.92 Å². The lowest BCUT2D eigenvalue weighted by molar-refractivity contribution is -0.121. The molecule has 1 saturated heterocycles. The topological polar surface area (TPSA) is 29.1 Å². The van der Waals surface area contributed by atoms with Crippen molar-refractivity contribution in [3.63, 3.8) is 0 Å². The molecular weight excluding hydrogens is 182 g/mol. The van der Waals surface area contributed by atoms with Gasteiger partial charge in [-0.05, 0) is 23.9 Å². The van der Waals surface area contributed by atoms with Crippen LogP contribution >= 0.6 is 11.3 Å². The molecule has 0 bridgehead atoms. The Bertz CT molecular complexity index is 318. The minimum atomic E-state index is 0.119. The lowest BCUT2D eigenvalue weighted by atomic mass is 9.94. The van der Waals surface area contributed by atoms with Gasteiger partial charge in [-0.3, -0.25) is 4.79 Å². The zero-order valence-corrected chi connectivity index (χ0v) is 8.49. The minimum absolute atomic E-state index is 0.119. The summed E-state index contributed by atoms with van der Waals surface area (Å²) in [5, 5.41) is 5.33. The number of rotatable bonds is 1. The Kier molecular flexibility index (Phi) is 2.47. The Balaban J connectivity index is 2.24. The van der Waals surface area contributed by atoms with Gasteiger partial charge in [0, 0.05) is 24.4 Å². The fourth-order valence-corrected chi connectivity index (χ4v) is 2.78. The second kappa shape index (κ2) is 3.60. The molecule has 2 rings (SSSR count). The van der Waals surface area contributed by atoms with Crippen LogP contribution in [0.25, 0.3) is 0 Å². The first kappa shape index (κ1) is 8.91. The van der Waals surface area contributed by atoms with Gasteiger partial charge in [-0.15, -0.1) is 11.3 Å². The van der Waals surface area contributed by atoms with E-state index in [9.17, 15) is 4.79 Å². The van der Waals surface area contributed by atoms with Gasteiger partial charge in [0.1, 0.15) is 5.78 Å². The standard InChI is InChI=1S/C10H13NOS/c1-7-3-5-13-10(7)8-6-11-4-2-9(8)12/h3,5,8,11H,2,4,6H2,1H3. The van der Waals surface area contributed by atoms with Crippen LogP contribution in [0.5, 0.6) is 0 Å². The Morgan fingerprint density at radius 3 is 3.08 bits per heavy atom. The van der Waals surface area contributed by atoms with Gasteiger partial charge in [-0.2, -0.15) is 0 Å². The van der Waals surface area contributed by atoms with Crippen molar-refractivity contribution in [3.8, 4) is 0 Å².